The first kappa shape index (κ1) is 30.2. The third-order valence-corrected chi connectivity index (χ3v) is 8.40. The number of nitrogens with one attached hydrogen (secondary N) is 1. The van der Waals surface area contributed by atoms with Gasteiger partial charge < -0.3 is 10.2 Å². The lowest BCUT2D eigenvalue weighted by molar-refractivity contribution is -0.139. The van der Waals surface area contributed by atoms with E-state index in [0.717, 1.165) is 15.4 Å². The SMILES string of the molecule is CCC(C(=O)NC(C)C)N(CCc1ccccc1)C(=O)CN(c1ccccc1Cl)S(=O)(=O)c1ccc(C)cc1. The van der Waals surface area contributed by atoms with Crippen molar-refractivity contribution in [3.63, 3.8) is 0 Å². The molecule has 208 valence electrons. The summed E-state index contributed by atoms with van der Waals surface area (Å²) in [6.07, 6.45) is 0.880. The molecule has 0 radical (unpaired) electrons. The zero-order valence-electron chi connectivity index (χ0n) is 22.8. The number of nitrogens with zero attached hydrogens (tertiary/aromatic N) is 2. The second-order valence-electron chi connectivity index (χ2n) is 9.69. The van der Waals surface area contributed by atoms with Crippen LogP contribution >= 0.6 is 11.6 Å². The molecule has 0 aliphatic carbocycles. The fraction of sp³-hybridized carbons (Fsp3) is 0.333. The van der Waals surface area contributed by atoms with Crippen molar-refractivity contribution in [2.24, 2.45) is 0 Å². The molecule has 3 aromatic carbocycles. The highest BCUT2D eigenvalue weighted by atomic mass is 35.5. The Morgan fingerprint density at radius 1 is 0.923 bits per heavy atom. The van der Waals surface area contributed by atoms with Crippen LogP contribution in [0.25, 0.3) is 0 Å². The minimum Gasteiger partial charge on any atom is -0.352 e. The van der Waals surface area contributed by atoms with Crippen molar-refractivity contribution in [1.82, 2.24) is 10.2 Å². The Labute approximate surface area is 236 Å². The van der Waals surface area contributed by atoms with Crippen molar-refractivity contribution in [2.45, 2.75) is 57.5 Å². The molecule has 0 saturated heterocycles. The average Bonchev–Trinajstić information content (AvgIpc) is 2.90. The van der Waals surface area contributed by atoms with E-state index in [1.165, 1.54) is 17.0 Å². The number of hydrogen-bond donors (Lipinski definition) is 1. The molecule has 1 N–H and O–H groups in total. The number of carbonyl (C=O) groups is 2. The van der Waals surface area contributed by atoms with Crippen LogP contribution in [0, 0.1) is 6.92 Å². The van der Waals surface area contributed by atoms with Gasteiger partial charge in [0.25, 0.3) is 10.0 Å². The molecule has 0 aliphatic rings. The van der Waals surface area contributed by atoms with Crippen molar-refractivity contribution >= 4 is 39.1 Å². The van der Waals surface area contributed by atoms with Crippen molar-refractivity contribution in [2.75, 3.05) is 17.4 Å². The molecule has 39 heavy (non-hydrogen) atoms. The predicted molar refractivity (Wildman–Crippen MR) is 156 cm³/mol. The summed E-state index contributed by atoms with van der Waals surface area (Å²) in [5, 5.41) is 3.09. The Bertz CT molecular complexity index is 1360. The molecular weight excluding hydrogens is 534 g/mol. The molecule has 7 nitrogen and oxygen atoms in total. The van der Waals surface area contributed by atoms with E-state index < -0.39 is 28.5 Å². The normalized spacial score (nSPS) is 12.2. The maximum atomic E-state index is 14.0. The summed E-state index contributed by atoms with van der Waals surface area (Å²) in [4.78, 5) is 28.7. The van der Waals surface area contributed by atoms with Gasteiger partial charge in [-0.05, 0) is 63.4 Å². The largest absolute Gasteiger partial charge is 0.352 e. The fourth-order valence-electron chi connectivity index (χ4n) is 4.28. The Morgan fingerprint density at radius 2 is 1.54 bits per heavy atom. The van der Waals surface area contributed by atoms with Crippen LogP contribution in [-0.4, -0.2) is 50.3 Å². The van der Waals surface area contributed by atoms with Crippen LogP contribution in [0.15, 0.2) is 83.8 Å². The first-order valence-electron chi connectivity index (χ1n) is 13.0. The van der Waals surface area contributed by atoms with Gasteiger partial charge in [-0.25, -0.2) is 8.42 Å². The van der Waals surface area contributed by atoms with E-state index in [9.17, 15) is 18.0 Å². The van der Waals surface area contributed by atoms with E-state index in [1.54, 1.807) is 36.4 Å². The number of anilines is 1. The van der Waals surface area contributed by atoms with E-state index >= 15 is 0 Å². The molecule has 0 bridgehead atoms. The highest BCUT2D eigenvalue weighted by Gasteiger charge is 2.34. The first-order chi connectivity index (χ1) is 18.5. The lowest BCUT2D eigenvalue weighted by Gasteiger charge is -2.33. The average molecular weight is 570 g/mol. The van der Waals surface area contributed by atoms with Crippen LogP contribution in [0.2, 0.25) is 5.02 Å². The minimum absolute atomic E-state index is 0.0428. The molecule has 9 heteroatoms. The minimum atomic E-state index is -4.16. The summed E-state index contributed by atoms with van der Waals surface area (Å²) in [6, 6.07) is 21.7. The fourth-order valence-corrected chi connectivity index (χ4v) is 6.00. The summed E-state index contributed by atoms with van der Waals surface area (Å²) in [6.45, 7) is 7.14. The number of sulfonamides is 1. The molecular formula is C30H36ClN3O4S. The van der Waals surface area contributed by atoms with Gasteiger partial charge in [-0.3, -0.25) is 13.9 Å². The summed E-state index contributed by atoms with van der Waals surface area (Å²) in [7, 11) is -4.16. The van der Waals surface area contributed by atoms with Gasteiger partial charge in [-0.1, -0.05) is 78.7 Å². The van der Waals surface area contributed by atoms with Crippen molar-refractivity contribution in [3.8, 4) is 0 Å². The molecule has 0 heterocycles. The Balaban J connectivity index is 2.02. The van der Waals surface area contributed by atoms with E-state index in [2.05, 4.69) is 5.32 Å². The molecule has 3 aromatic rings. The number of aryl methyl sites for hydroxylation is 1. The van der Waals surface area contributed by atoms with E-state index in [0.29, 0.717) is 12.8 Å². The zero-order chi connectivity index (χ0) is 28.6. The van der Waals surface area contributed by atoms with Crippen molar-refractivity contribution < 1.29 is 18.0 Å². The van der Waals surface area contributed by atoms with Crippen LogP contribution in [0.5, 0.6) is 0 Å². The lowest BCUT2D eigenvalue weighted by Crippen LogP contribution is -2.54. The number of amides is 2. The predicted octanol–water partition coefficient (Wildman–Crippen LogP) is 5.22. The molecule has 3 rings (SSSR count). The summed E-state index contributed by atoms with van der Waals surface area (Å²) < 4.78 is 28.8. The second-order valence-corrected chi connectivity index (χ2v) is 12.0. The Morgan fingerprint density at radius 3 is 2.13 bits per heavy atom. The molecule has 0 saturated carbocycles. The molecule has 0 aromatic heterocycles. The summed E-state index contributed by atoms with van der Waals surface area (Å²) in [5.74, 6) is -0.771. The molecule has 1 atom stereocenters. The Hall–Kier alpha value is -3.36. The highest BCUT2D eigenvalue weighted by Crippen LogP contribution is 2.30. The monoisotopic (exact) mass is 569 g/mol. The second kappa shape index (κ2) is 13.6. The van der Waals surface area contributed by atoms with Gasteiger partial charge in [-0.15, -0.1) is 0 Å². The van der Waals surface area contributed by atoms with Crippen LogP contribution in [-0.2, 0) is 26.0 Å². The van der Waals surface area contributed by atoms with Crippen LogP contribution in [0.1, 0.15) is 38.3 Å². The molecule has 2 amide bonds. The van der Waals surface area contributed by atoms with E-state index in [-0.39, 0.29) is 34.1 Å². The number of benzene rings is 3. The number of halogens is 1. The lowest BCUT2D eigenvalue weighted by atomic mass is 10.1. The maximum absolute atomic E-state index is 14.0. The number of carbonyl (C=O) groups excluding carboxylic acids is 2. The molecule has 0 fully saturated rings. The van der Waals surface area contributed by atoms with Gasteiger partial charge in [0, 0.05) is 12.6 Å². The number of para-hydroxylation sites is 1. The van der Waals surface area contributed by atoms with Crippen molar-refractivity contribution in [1.29, 1.82) is 0 Å². The quantitative estimate of drug-likeness (QED) is 0.324. The molecule has 1 unspecified atom stereocenters. The van der Waals surface area contributed by atoms with Crippen LogP contribution in [0.3, 0.4) is 0 Å². The zero-order valence-corrected chi connectivity index (χ0v) is 24.4. The summed E-state index contributed by atoms with van der Waals surface area (Å²) in [5.41, 5.74) is 2.10. The molecule has 0 spiro atoms. The van der Waals surface area contributed by atoms with E-state index in [1.807, 2.05) is 58.0 Å². The number of rotatable bonds is 12. The third-order valence-electron chi connectivity index (χ3n) is 6.31. The van der Waals surface area contributed by atoms with Gasteiger partial charge in [-0.2, -0.15) is 0 Å². The standard InChI is InChI=1S/C30H36ClN3O4S/c1-5-27(30(36)32-22(2)3)33(20-19-24-11-7-6-8-12-24)29(35)21-34(28-14-10-9-13-26(28)31)39(37,38)25-17-15-23(4)16-18-25/h6-18,22,27H,5,19-21H2,1-4H3,(H,32,36). The number of hydrogen-bond acceptors (Lipinski definition) is 4. The van der Waals surface area contributed by atoms with Crippen LogP contribution in [0.4, 0.5) is 5.69 Å². The van der Waals surface area contributed by atoms with Gasteiger partial charge in [0.1, 0.15) is 12.6 Å². The highest BCUT2D eigenvalue weighted by molar-refractivity contribution is 7.92. The van der Waals surface area contributed by atoms with Gasteiger partial charge in [0.2, 0.25) is 11.8 Å². The van der Waals surface area contributed by atoms with E-state index in [4.69, 9.17) is 11.6 Å². The smallest absolute Gasteiger partial charge is 0.264 e. The molecule has 0 aliphatic heterocycles. The summed E-state index contributed by atoms with van der Waals surface area (Å²) >= 11 is 6.44. The first-order valence-corrected chi connectivity index (χ1v) is 14.8. The third kappa shape index (κ3) is 7.83. The topological polar surface area (TPSA) is 86.8 Å². The van der Waals surface area contributed by atoms with Gasteiger partial charge >= 0.3 is 0 Å². The Kier molecular flexibility index (Phi) is 10.5. The van der Waals surface area contributed by atoms with Crippen molar-refractivity contribution in [3.05, 3.63) is 95.0 Å². The van der Waals surface area contributed by atoms with Gasteiger partial charge in [0.15, 0.2) is 0 Å². The van der Waals surface area contributed by atoms with Gasteiger partial charge in [0.05, 0.1) is 15.6 Å². The van der Waals surface area contributed by atoms with Crippen LogP contribution < -0.4 is 9.62 Å². The maximum Gasteiger partial charge on any atom is 0.264 e.